The topological polar surface area (TPSA) is 0 Å². The zero-order chi connectivity index (χ0) is 2.71. The second-order valence-corrected chi connectivity index (χ2v) is 1.30. The molecule has 0 atom stereocenters. The average molecular weight is 162 g/mol. The van der Waals surface area contributed by atoms with Crippen molar-refractivity contribution in [3.8, 4) is 0 Å². The van der Waals surface area contributed by atoms with Crippen molar-refractivity contribution in [3.05, 3.63) is 0 Å². The number of hydrogen-bond donors (Lipinski definition) is 0. The second-order valence-electron chi connectivity index (χ2n) is 0.316. The maximum absolute atomic E-state index is 2.06. The van der Waals surface area contributed by atoms with E-state index in [1.54, 1.807) is 14.4 Å². The standard InChI is InChI=1S/2CH3.2ClH.Ni/h2*1H3;2*1H;. The zero-order valence-corrected chi connectivity index (χ0v) is 5.75. The van der Waals surface area contributed by atoms with Crippen LogP contribution in [-0.2, 0) is 14.4 Å². The third-order valence-electron chi connectivity index (χ3n) is 0. The molecule has 0 rings (SSSR count). The first-order chi connectivity index (χ1) is 1.41. The first-order valence-corrected chi connectivity index (χ1v) is 2.61. The van der Waals surface area contributed by atoms with Crippen LogP contribution in [0, 0.1) is 0 Å². The van der Waals surface area contributed by atoms with Gasteiger partial charge in [0.05, 0.1) is 0 Å². The molecule has 0 spiro atoms. The SMILES string of the molecule is Cl.Cl.[CH3][Ni][CH3]. The van der Waals surface area contributed by atoms with E-state index in [0.717, 1.165) is 0 Å². The van der Waals surface area contributed by atoms with Gasteiger partial charge in [-0.1, -0.05) is 0 Å². The third-order valence-corrected chi connectivity index (χ3v) is 0. The molecule has 0 heterocycles. The fourth-order valence-electron chi connectivity index (χ4n) is 0. The summed E-state index contributed by atoms with van der Waals surface area (Å²) in [7, 11) is 0. The van der Waals surface area contributed by atoms with Gasteiger partial charge < -0.3 is 0 Å². The molecule has 0 saturated carbocycles. The van der Waals surface area contributed by atoms with Crippen LogP contribution < -0.4 is 0 Å². The van der Waals surface area contributed by atoms with Gasteiger partial charge in [0.15, 0.2) is 0 Å². The van der Waals surface area contributed by atoms with Crippen molar-refractivity contribution >= 4 is 24.8 Å². The molecule has 3 heteroatoms. The van der Waals surface area contributed by atoms with Crippen LogP contribution in [0.3, 0.4) is 0 Å². The van der Waals surface area contributed by atoms with Gasteiger partial charge in [-0.25, -0.2) is 0 Å². The predicted octanol–water partition coefficient (Wildman–Crippen LogP) is 2.01. The van der Waals surface area contributed by atoms with Crippen molar-refractivity contribution in [1.82, 2.24) is 0 Å². The quantitative estimate of drug-likeness (QED) is 0.477. The third kappa shape index (κ3) is 41.6. The van der Waals surface area contributed by atoms with E-state index in [-0.39, 0.29) is 24.8 Å². The van der Waals surface area contributed by atoms with E-state index in [1.807, 2.05) is 0 Å². The molecule has 0 amide bonds. The van der Waals surface area contributed by atoms with E-state index >= 15 is 0 Å². The van der Waals surface area contributed by atoms with Gasteiger partial charge in [0.25, 0.3) is 0 Å². The monoisotopic (exact) mass is 160 g/mol. The Morgan fingerprint density at radius 2 is 1.00 bits per heavy atom. The maximum atomic E-state index is 2.06. The minimum atomic E-state index is 0. The van der Waals surface area contributed by atoms with Crippen molar-refractivity contribution in [2.45, 2.75) is 11.8 Å². The van der Waals surface area contributed by atoms with Gasteiger partial charge in [-0.05, 0) is 0 Å². The molecule has 0 fully saturated rings. The van der Waals surface area contributed by atoms with Gasteiger partial charge >= 0.3 is 26.2 Å². The molecule has 5 heavy (non-hydrogen) atoms. The summed E-state index contributed by atoms with van der Waals surface area (Å²) < 4.78 is 0. The summed E-state index contributed by atoms with van der Waals surface area (Å²) in [5.74, 6) is 4.12. The van der Waals surface area contributed by atoms with Crippen LogP contribution in [0.2, 0.25) is 11.8 Å². The summed E-state index contributed by atoms with van der Waals surface area (Å²) in [4.78, 5) is 0. The van der Waals surface area contributed by atoms with Crippen molar-refractivity contribution in [1.29, 1.82) is 0 Å². The zero-order valence-electron chi connectivity index (χ0n) is 3.13. The number of hydrogen-bond acceptors (Lipinski definition) is 0. The van der Waals surface area contributed by atoms with Crippen LogP contribution in [-0.4, -0.2) is 0 Å². The summed E-state index contributed by atoms with van der Waals surface area (Å²) in [5.41, 5.74) is 0. The van der Waals surface area contributed by atoms with Crippen LogP contribution in [0.5, 0.6) is 0 Å². The van der Waals surface area contributed by atoms with Crippen LogP contribution >= 0.6 is 24.8 Å². The van der Waals surface area contributed by atoms with E-state index in [1.165, 1.54) is 0 Å². The van der Waals surface area contributed by atoms with Gasteiger partial charge in [0.2, 0.25) is 0 Å². The Morgan fingerprint density at radius 3 is 1.00 bits per heavy atom. The Balaban J connectivity index is -0.0000000200. The van der Waals surface area contributed by atoms with Gasteiger partial charge in [-0.15, -0.1) is 24.8 Å². The molecular weight excluding hydrogens is 154 g/mol. The summed E-state index contributed by atoms with van der Waals surface area (Å²) in [6, 6.07) is 0. The molecule has 0 aliphatic rings. The van der Waals surface area contributed by atoms with Crippen molar-refractivity contribution in [3.63, 3.8) is 0 Å². The van der Waals surface area contributed by atoms with Crippen molar-refractivity contribution in [2.75, 3.05) is 0 Å². The summed E-state index contributed by atoms with van der Waals surface area (Å²) in [6.07, 6.45) is 0. The van der Waals surface area contributed by atoms with E-state index in [2.05, 4.69) is 11.8 Å². The summed E-state index contributed by atoms with van der Waals surface area (Å²) in [5, 5.41) is 0. The van der Waals surface area contributed by atoms with E-state index in [4.69, 9.17) is 0 Å². The minimum absolute atomic E-state index is 0. The van der Waals surface area contributed by atoms with E-state index < -0.39 is 0 Å². The number of halogens is 2. The molecule has 40 valence electrons. The van der Waals surface area contributed by atoms with Gasteiger partial charge in [0, 0.05) is 0 Å². The molecule has 0 radical (unpaired) electrons. The first-order valence-electron chi connectivity index (χ1n) is 0.632. The molecule has 0 nitrogen and oxygen atoms in total. The second kappa shape index (κ2) is 19.6. The van der Waals surface area contributed by atoms with Crippen LogP contribution in [0.1, 0.15) is 0 Å². The molecule has 0 aliphatic carbocycles. The molecule has 0 aromatic rings. The molecular formula is C2H8Cl2Ni. The fourth-order valence-corrected chi connectivity index (χ4v) is 0. The van der Waals surface area contributed by atoms with Gasteiger partial charge in [0.1, 0.15) is 0 Å². The molecule has 0 N–H and O–H groups in total. The first kappa shape index (κ1) is 16.5. The fraction of sp³-hybridized carbons (Fsp3) is 1.00. The van der Waals surface area contributed by atoms with Crippen molar-refractivity contribution in [2.24, 2.45) is 0 Å². The molecule has 0 saturated heterocycles. The Morgan fingerprint density at radius 1 is 1.00 bits per heavy atom. The van der Waals surface area contributed by atoms with E-state index in [9.17, 15) is 0 Å². The van der Waals surface area contributed by atoms with Crippen molar-refractivity contribution < 1.29 is 14.4 Å². The van der Waals surface area contributed by atoms with Gasteiger partial charge in [-0.3, -0.25) is 0 Å². The van der Waals surface area contributed by atoms with Crippen LogP contribution in [0.15, 0.2) is 0 Å². The average Bonchev–Trinajstić information content (AvgIpc) is 0.918. The van der Waals surface area contributed by atoms with E-state index in [0.29, 0.717) is 0 Å². The number of rotatable bonds is 0. The Hall–Kier alpha value is 1.07. The normalized spacial score (nSPS) is 4.40. The predicted molar refractivity (Wildman–Crippen MR) is 26.2 cm³/mol. The van der Waals surface area contributed by atoms with Crippen LogP contribution in [0.4, 0.5) is 0 Å². The Bertz CT molecular complexity index is 7.61. The molecule has 0 aliphatic heterocycles. The molecule has 0 bridgehead atoms. The summed E-state index contributed by atoms with van der Waals surface area (Å²) in [6.45, 7) is 0. The Kier molecular flexibility index (Phi) is 64.8. The van der Waals surface area contributed by atoms with Crippen LogP contribution in [0.25, 0.3) is 0 Å². The summed E-state index contributed by atoms with van der Waals surface area (Å²) >= 11 is 1.62. The molecule has 0 unspecified atom stereocenters. The molecule has 0 aromatic carbocycles. The van der Waals surface area contributed by atoms with Gasteiger partial charge in [-0.2, -0.15) is 0 Å². The molecule has 0 aromatic heterocycles. The Labute approximate surface area is 51.3 Å².